The molecule has 7 nitrogen and oxygen atoms in total. The Bertz CT molecular complexity index is 989. The van der Waals surface area contributed by atoms with Gasteiger partial charge in [-0.3, -0.25) is 9.59 Å². The number of likely N-dealkylation sites (N-methyl/N-ethyl adjacent to an activating group) is 1. The number of benzene rings is 2. The van der Waals surface area contributed by atoms with Crippen molar-refractivity contribution >= 4 is 18.0 Å². The molecule has 2 amide bonds. The fraction of sp³-hybridized carbons (Fsp3) is 0.346. The van der Waals surface area contributed by atoms with Crippen molar-refractivity contribution in [3.63, 3.8) is 0 Å². The van der Waals surface area contributed by atoms with E-state index in [9.17, 15) is 14.4 Å². The van der Waals surface area contributed by atoms with Gasteiger partial charge in [-0.2, -0.15) is 0 Å². The maximum absolute atomic E-state index is 12.9. The van der Waals surface area contributed by atoms with Crippen LogP contribution in [0.1, 0.15) is 36.8 Å². The predicted octanol–water partition coefficient (Wildman–Crippen LogP) is 4.04. The first-order chi connectivity index (χ1) is 15.8. The SMILES string of the molecule is C=CCCC(NC(=O)OCC1c2ccccc2-c2ccccc21)C(=O)N(C)CC(C)C(=O)O. The summed E-state index contributed by atoms with van der Waals surface area (Å²) < 4.78 is 5.56. The standard InChI is InChI=1S/C26H30N2O5/c1-4-5-14-23(24(29)28(3)15-17(2)25(30)31)27-26(32)33-16-22-20-12-8-6-10-18(20)19-11-7-9-13-21(19)22/h4,6-13,17,22-23H,1,5,14-16H2,2-3H3,(H,27,32)(H,30,31). The Labute approximate surface area is 194 Å². The first kappa shape index (κ1) is 24.0. The number of hydrogen-bond acceptors (Lipinski definition) is 4. The minimum atomic E-state index is -0.984. The van der Waals surface area contributed by atoms with Crippen LogP contribution in [0.2, 0.25) is 0 Å². The smallest absolute Gasteiger partial charge is 0.407 e. The molecular weight excluding hydrogens is 420 g/mol. The highest BCUT2D eigenvalue weighted by molar-refractivity contribution is 5.86. The van der Waals surface area contributed by atoms with Gasteiger partial charge in [-0.25, -0.2) is 4.79 Å². The molecule has 0 saturated carbocycles. The van der Waals surface area contributed by atoms with Gasteiger partial charge in [0.05, 0.1) is 5.92 Å². The lowest BCUT2D eigenvalue weighted by atomic mass is 9.98. The highest BCUT2D eigenvalue weighted by Gasteiger charge is 2.30. The number of carbonyl (C=O) groups excluding carboxylic acids is 2. The van der Waals surface area contributed by atoms with E-state index in [-0.39, 0.29) is 25.0 Å². The van der Waals surface area contributed by atoms with Crippen LogP contribution in [0, 0.1) is 5.92 Å². The van der Waals surface area contributed by atoms with Crippen molar-refractivity contribution in [2.24, 2.45) is 5.92 Å². The Morgan fingerprint density at radius 1 is 1.12 bits per heavy atom. The molecule has 1 aliphatic carbocycles. The fourth-order valence-corrected chi connectivity index (χ4v) is 4.17. The highest BCUT2D eigenvalue weighted by atomic mass is 16.5. The van der Waals surface area contributed by atoms with Crippen molar-refractivity contribution < 1.29 is 24.2 Å². The Morgan fingerprint density at radius 2 is 1.70 bits per heavy atom. The van der Waals surface area contributed by atoms with E-state index in [1.807, 2.05) is 36.4 Å². The number of nitrogens with zero attached hydrogens (tertiary/aromatic N) is 1. The molecule has 174 valence electrons. The predicted molar refractivity (Wildman–Crippen MR) is 126 cm³/mol. The van der Waals surface area contributed by atoms with E-state index in [1.54, 1.807) is 6.08 Å². The number of carbonyl (C=O) groups is 3. The van der Waals surface area contributed by atoms with E-state index in [0.717, 1.165) is 22.3 Å². The van der Waals surface area contributed by atoms with Crippen LogP contribution in [-0.2, 0) is 14.3 Å². The van der Waals surface area contributed by atoms with Crippen LogP contribution in [0.4, 0.5) is 4.79 Å². The molecule has 0 heterocycles. The second kappa shape index (κ2) is 10.8. The fourth-order valence-electron chi connectivity index (χ4n) is 4.17. The summed E-state index contributed by atoms with van der Waals surface area (Å²) in [5.74, 6) is -2.14. The van der Waals surface area contributed by atoms with Crippen LogP contribution >= 0.6 is 0 Å². The molecule has 0 aliphatic heterocycles. The van der Waals surface area contributed by atoms with Crippen molar-refractivity contribution in [2.45, 2.75) is 31.7 Å². The van der Waals surface area contributed by atoms with Crippen molar-refractivity contribution in [3.05, 3.63) is 72.3 Å². The Morgan fingerprint density at radius 3 is 2.24 bits per heavy atom. The van der Waals surface area contributed by atoms with Crippen LogP contribution in [0.15, 0.2) is 61.2 Å². The van der Waals surface area contributed by atoms with Gasteiger partial charge in [-0.1, -0.05) is 61.5 Å². The topological polar surface area (TPSA) is 95.9 Å². The molecule has 0 fully saturated rings. The van der Waals surface area contributed by atoms with Crippen molar-refractivity contribution in [1.29, 1.82) is 0 Å². The van der Waals surface area contributed by atoms with Crippen molar-refractivity contribution in [2.75, 3.05) is 20.2 Å². The zero-order valence-electron chi connectivity index (χ0n) is 19.0. The molecule has 0 radical (unpaired) electrons. The maximum atomic E-state index is 12.9. The molecule has 0 bridgehead atoms. The molecule has 0 saturated heterocycles. The largest absolute Gasteiger partial charge is 0.481 e. The number of aliphatic carboxylic acids is 1. The van der Waals surface area contributed by atoms with Crippen molar-refractivity contribution in [1.82, 2.24) is 10.2 Å². The first-order valence-corrected chi connectivity index (χ1v) is 11.0. The number of hydrogen-bond donors (Lipinski definition) is 2. The second-order valence-electron chi connectivity index (χ2n) is 8.35. The number of alkyl carbamates (subject to hydrolysis) is 1. The molecule has 3 rings (SSSR count). The zero-order valence-corrected chi connectivity index (χ0v) is 19.0. The Kier molecular flexibility index (Phi) is 7.87. The van der Waals surface area contributed by atoms with Crippen LogP contribution in [0.5, 0.6) is 0 Å². The number of carboxylic acid groups (broad SMARTS) is 1. The quantitative estimate of drug-likeness (QED) is 0.533. The van der Waals surface area contributed by atoms with Crippen molar-refractivity contribution in [3.8, 4) is 11.1 Å². The summed E-state index contributed by atoms with van der Waals surface area (Å²) in [5, 5.41) is 11.8. The van der Waals surface area contributed by atoms with Gasteiger partial charge in [0, 0.05) is 19.5 Å². The third-order valence-corrected chi connectivity index (χ3v) is 5.94. The van der Waals surface area contributed by atoms with Gasteiger partial charge < -0.3 is 20.1 Å². The van der Waals surface area contributed by atoms with Gasteiger partial charge in [0.25, 0.3) is 0 Å². The second-order valence-corrected chi connectivity index (χ2v) is 8.35. The average molecular weight is 451 g/mol. The summed E-state index contributed by atoms with van der Waals surface area (Å²) >= 11 is 0. The lowest BCUT2D eigenvalue weighted by molar-refractivity contribution is -0.143. The lowest BCUT2D eigenvalue weighted by Gasteiger charge is -2.25. The number of allylic oxidation sites excluding steroid dienone is 1. The maximum Gasteiger partial charge on any atom is 0.407 e. The van der Waals surface area contributed by atoms with Gasteiger partial charge in [0.15, 0.2) is 0 Å². The summed E-state index contributed by atoms with van der Waals surface area (Å²) in [6.07, 6.45) is 1.85. The molecule has 2 N–H and O–H groups in total. The minimum Gasteiger partial charge on any atom is -0.481 e. The van der Waals surface area contributed by atoms with Crippen LogP contribution in [0.3, 0.4) is 0 Å². The number of carboxylic acids is 1. The lowest BCUT2D eigenvalue weighted by Crippen LogP contribution is -2.49. The monoisotopic (exact) mass is 450 g/mol. The summed E-state index contributed by atoms with van der Waals surface area (Å²) in [7, 11) is 1.53. The number of ether oxygens (including phenoxy) is 1. The number of fused-ring (bicyclic) bond motifs is 3. The molecule has 7 heteroatoms. The van der Waals surface area contributed by atoms with Gasteiger partial charge in [-0.15, -0.1) is 6.58 Å². The summed E-state index contributed by atoms with van der Waals surface area (Å²) in [4.78, 5) is 37.9. The Balaban J connectivity index is 1.65. The van der Waals surface area contributed by atoms with Gasteiger partial charge in [0.1, 0.15) is 12.6 Å². The molecule has 0 spiro atoms. The third kappa shape index (κ3) is 5.61. The molecule has 0 aromatic heterocycles. The molecule has 2 atom stereocenters. The third-order valence-electron chi connectivity index (χ3n) is 5.94. The van der Waals surface area contributed by atoms with E-state index in [0.29, 0.717) is 12.8 Å². The molecule has 2 unspecified atom stereocenters. The van der Waals surface area contributed by atoms with Crippen LogP contribution < -0.4 is 5.32 Å². The van der Waals surface area contributed by atoms with Crippen LogP contribution in [0.25, 0.3) is 11.1 Å². The van der Waals surface area contributed by atoms with Gasteiger partial charge in [-0.05, 0) is 35.1 Å². The van der Waals surface area contributed by atoms with Gasteiger partial charge >= 0.3 is 12.1 Å². The highest BCUT2D eigenvalue weighted by Crippen LogP contribution is 2.44. The average Bonchev–Trinajstić information content (AvgIpc) is 3.13. The Hall–Kier alpha value is -3.61. The summed E-state index contributed by atoms with van der Waals surface area (Å²) in [6, 6.07) is 15.3. The van der Waals surface area contributed by atoms with E-state index in [2.05, 4.69) is 24.0 Å². The van der Waals surface area contributed by atoms with E-state index >= 15 is 0 Å². The first-order valence-electron chi connectivity index (χ1n) is 11.0. The van der Waals surface area contributed by atoms with E-state index < -0.39 is 24.0 Å². The number of rotatable bonds is 10. The number of amides is 2. The number of nitrogens with one attached hydrogen (secondary N) is 1. The molecule has 33 heavy (non-hydrogen) atoms. The molecular formula is C26H30N2O5. The van der Waals surface area contributed by atoms with Gasteiger partial charge in [0.2, 0.25) is 5.91 Å². The molecule has 1 aliphatic rings. The van der Waals surface area contributed by atoms with E-state index in [1.165, 1.54) is 18.9 Å². The normalized spacial score (nSPS) is 13.9. The van der Waals surface area contributed by atoms with E-state index in [4.69, 9.17) is 9.84 Å². The summed E-state index contributed by atoms with van der Waals surface area (Å²) in [6.45, 7) is 5.40. The minimum absolute atomic E-state index is 0.0468. The summed E-state index contributed by atoms with van der Waals surface area (Å²) in [5.41, 5.74) is 4.48. The zero-order chi connectivity index (χ0) is 24.0. The molecule has 2 aromatic rings. The van der Waals surface area contributed by atoms with Crippen LogP contribution in [-0.4, -0.2) is 54.2 Å². The molecule has 2 aromatic carbocycles.